The number of ketones is 2. The van der Waals surface area contributed by atoms with Crippen LogP contribution < -0.4 is 27.0 Å². The number of nitrogens with two attached hydrogens (primary N) is 1. The minimum Gasteiger partial charge on any atom is -0.463 e. The van der Waals surface area contributed by atoms with Gasteiger partial charge in [0.05, 0.1) is 81.6 Å². The molecule has 0 aromatic rings. The van der Waals surface area contributed by atoms with E-state index in [1.165, 1.54) is 92.9 Å². The molecule has 0 aromatic heterocycles. The molecule has 0 bridgehead atoms. The smallest absolute Gasteiger partial charge is 0.302 e. The van der Waals surface area contributed by atoms with E-state index in [1.54, 1.807) is 0 Å². The number of carbonyl (C=O) groups is 9. The highest BCUT2D eigenvalue weighted by molar-refractivity contribution is 5.79. The predicted molar refractivity (Wildman–Crippen MR) is 435 cm³/mol. The average molecular weight is 1610 g/mol. The van der Waals surface area contributed by atoms with Gasteiger partial charge in [0.15, 0.2) is 18.9 Å². The zero-order valence-corrected chi connectivity index (χ0v) is 72.2. The molecule has 15 unspecified atom stereocenters. The second-order valence-corrected chi connectivity index (χ2v) is 33.0. The molecule has 3 saturated heterocycles. The molecule has 0 radical (unpaired) electrons. The van der Waals surface area contributed by atoms with Crippen molar-refractivity contribution in [3.8, 4) is 0 Å². The normalized spacial score (nSPS) is 24.2. The van der Waals surface area contributed by atoms with Gasteiger partial charge < -0.3 is 83.8 Å². The van der Waals surface area contributed by atoms with Gasteiger partial charge in [-0.3, -0.25) is 43.2 Å². The summed E-state index contributed by atoms with van der Waals surface area (Å²) in [6.45, 7) is 24.5. The van der Waals surface area contributed by atoms with Gasteiger partial charge in [-0.2, -0.15) is 0 Å². The zero-order valence-electron chi connectivity index (χ0n) is 72.2. The first-order chi connectivity index (χ1) is 54.2. The Labute approximate surface area is 679 Å². The second kappa shape index (κ2) is 62.4. The number of amides is 4. The van der Waals surface area contributed by atoms with Gasteiger partial charge in [-0.25, -0.2) is 0 Å². The molecule has 3 aliphatic rings. The van der Waals surface area contributed by atoms with Crippen LogP contribution >= 0.6 is 0 Å². The number of esters is 3. The molecule has 4 amide bonds. The fourth-order valence-electron chi connectivity index (χ4n) is 15.1. The Morgan fingerprint density at radius 2 is 0.558 bits per heavy atom. The van der Waals surface area contributed by atoms with Gasteiger partial charge in [-0.15, -0.1) is 0 Å². The van der Waals surface area contributed by atoms with E-state index < -0.39 is 24.4 Å². The lowest BCUT2D eigenvalue weighted by Crippen LogP contribution is -2.58. The predicted octanol–water partition coefficient (Wildman–Crippen LogP) is 13.7. The van der Waals surface area contributed by atoms with E-state index in [0.717, 1.165) is 154 Å². The molecule has 6 N–H and O–H groups in total. The molecule has 3 rings (SSSR count). The molecule has 0 saturated carbocycles. The number of ether oxygens (including phenoxy) is 12. The number of carbonyl (C=O) groups excluding carboxylic acids is 9. The Balaban J connectivity index is 1.29. The van der Waals surface area contributed by atoms with Crippen LogP contribution in [-0.4, -0.2) is 200 Å². The van der Waals surface area contributed by atoms with Crippen molar-refractivity contribution in [2.45, 2.75) is 382 Å². The molecule has 3 aliphatic heterocycles. The van der Waals surface area contributed by atoms with Crippen molar-refractivity contribution in [3.05, 3.63) is 0 Å². The van der Waals surface area contributed by atoms with Gasteiger partial charge in [-0.1, -0.05) is 208 Å². The van der Waals surface area contributed by atoms with Crippen LogP contribution in [-0.2, 0) is 100.0 Å². The van der Waals surface area contributed by atoms with Crippen LogP contribution in [0.5, 0.6) is 0 Å². The first kappa shape index (κ1) is 102. The van der Waals surface area contributed by atoms with E-state index in [0.29, 0.717) is 39.2 Å². The Morgan fingerprint density at radius 1 is 0.310 bits per heavy atom. The largest absolute Gasteiger partial charge is 0.463 e. The summed E-state index contributed by atoms with van der Waals surface area (Å²) in [6, 6.07) is -0.843. The number of hydrogen-bond donors (Lipinski definition) is 5. The molecule has 0 spiro atoms. The van der Waals surface area contributed by atoms with Crippen molar-refractivity contribution in [3.63, 3.8) is 0 Å². The van der Waals surface area contributed by atoms with Crippen LogP contribution in [0.15, 0.2) is 0 Å². The molecular weight excluding hydrogens is 1450 g/mol. The van der Waals surface area contributed by atoms with Gasteiger partial charge in [0.25, 0.3) is 0 Å². The topological polar surface area (TPSA) is 339 Å². The highest BCUT2D eigenvalue weighted by Crippen LogP contribution is 2.35. The minimum atomic E-state index is -1.06. The van der Waals surface area contributed by atoms with Crippen molar-refractivity contribution in [2.75, 3.05) is 85.8 Å². The monoisotopic (exact) mass is 1610 g/mol. The summed E-state index contributed by atoms with van der Waals surface area (Å²) in [5.41, 5.74) is 5.82. The lowest BCUT2D eigenvalue weighted by molar-refractivity contribution is -0.244. The van der Waals surface area contributed by atoms with Crippen LogP contribution in [0.4, 0.5) is 0 Å². The summed E-state index contributed by atoms with van der Waals surface area (Å²) < 4.78 is 70.9. The van der Waals surface area contributed by atoms with Crippen LogP contribution in [0.25, 0.3) is 0 Å². The summed E-state index contributed by atoms with van der Waals surface area (Å²) in [6.07, 6.45) is 33.5. The van der Waals surface area contributed by atoms with Crippen molar-refractivity contribution >= 4 is 53.1 Å². The second-order valence-electron chi connectivity index (χ2n) is 33.0. The molecule has 15 atom stereocenters. The number of unbranched alkanes of at least 4 members (excludes halogenated alkanes) is 29. The van der Waals surface area contributed by atoms with Crippen molar-refractivity contribution < 1.29 is 100.0 Å². The Kier molecular flexibility index (Phi) is 56.6. The first-order valence-electron chi connectivity index (χ1n) is 44.1. The molecule has 0 aliphatic carbocycles. The highest BCUT2D eigenvalue weighted by Gasteiger charge is 2.46. The van der Waals surface area contributed by atoms with Crippen LogP contribution in [0.3, 0.4) is 0 Å². The Hall–Kier alpha value is -4.77. The standard InChI is InChI=1S/C87H157N5O21/c1-63-66(4)81(90-69(7)93)84(111-77(63)57-108-72(10)96)105-51-42-36-30-24-18-13-15-21-27-33-39-45-75(99)47-54-102-60-87(88,61-103-55-48-76(100)46-40-34-28-22-16-14-19-25-31-37-43-52-106-85-82(91-70(8)94)67(5)64(2)78(112-85)58-109-73(11)97)62-104-56-49-80(101)89-50-41-35-29-23-17-20-26-32-38-44-53-107-86-83(92-71(9)95)68(6)65(3)79(113-86)59-110-74(12)98/h63-68,77-79,81-86H,13-62,88H2,1-12H3,(H,89,101)(H,90,93)(H,91,94)(H,92,95). The lowest BCUT2D eigenvalue weighted by atomic mass is 9.82. The van der Waals surface area contributed by atoms with E-state index >= 15 is 0 Å². The number of Topliss-reactive ketones (excluding diaryl/α,β-unsaturated/α-hetero) is 2. The number of hydrogen-bond acceptors (Lipinski definition) is 22. The van der Waals surface area contributed by atoms with Crippen LogP contribution in [0, 0.1) is 35.5 Å². The summed E-state index contributed by atoms with van der Waals surface area (Å²) in [5, 5.41) is 12.0. The summed E-state index contributed by atoms with van der Waals surface area (Å²) in [4.78, 5) is 109. The molecule has 3 fully saturated rings. The fourth-order valence-corrected chi connectivity index (χ4v) is 15.1. The maximum absolute atomic E-state index is 12.9. The molecule has 656 valence electrons. The highest BCUT2D eigenvalue weighted by atomic mass is 16.7. The van der Waals surface area contributed by atoms with E-state index in [2.05, 4.69) is 42.0 Å². The summed E-state index contributed by atoms with van der Waals surface area (Å²) in [5.74, 6) is -0.804. The van der Waals surface area contributed by atoms with Gasteiger partial charge in [0, 0.05) is 100 Å². The molecule has 0 aromatic carbocycles. The van der Waals surface area contributed by atoms with Crippen molar-refractivity contribution in [1.82, 2.24) is 21.3 Å². The Morgan fingerprint density at radius 3 is 0.823 bits per heavy atom. The third-order valence-corrected chi connectivity index (χ3v) is 22.8. The molecule has 113 heavy (non-hydrogen) atoms. The van der Waals surface area contributed by atoms with E-state index in [4.69, 9.17) is 62.6 Å². The van der Waals surface area contributed by atoms with E-state index in [-0.39, 0.29) is 204 Å². The summed E-state index contributed by atoms with van der Waals surface area (Å²) in [7, 11) is 0. The van der Waals surface area contributed by atoms with Crippen molar-refractivity contribution in [2.24, 2.45) is 41.2 Å². The molecular formula is C87H157N5O21. The van der Waals surface area contributed by atoms with Crippen LogP contribution in [0.1, 0.15) is 321 Å². The van der Waals surface area contributed by atoms with Gasteiger partial charge in [-0.05, 0) is 74.0 Å². The molecule has 3 heterocycles. The lowest BCUT2D eigenvalue weighted by Gasteiger charge is -2.44. The van der Waals surface area contributed by atoms with Gasteiger partial charge >= 0.3 is 17.9 Å². The fraction of sp³-hybridized carbons (Fsp3) is 0.897. The minimum absolute atomic E-state index is 0.0661. The van der Waals surface area contributed by atoms with E-state index in [9.17, 15) is 43.2 Å². The van der Waals surface area contributed by atoms with Crippen LogP contribution in [0.2, 0.25) is 0 Å². The Bertz CT molecular complexity index is 2330. The van der Waals surface area contributed by atoms with E-state index in [1.807, 2.05) is 20.8 Å². The van der Waals surface area contributed by atoms with Crippen molar-refractivity contribution in [1.29, 1.82) is 0 Å². The number of nitrogens with one attached hydrogen (secondary N) is 4. The first-order valence-corrected chi connectivity index (χ1v) is 44.1. The van der Waals surface area contributed by atoms with Gasteiger partial charge in [0.1, 0.15) is 31.4 Å². The maximum Gasteiger partial charge on any atom is 0.302 e. The zero-order chi connectivity index (χ0) is 83.0. The van der Waals surface area contributed by atoms with Gasteiger partial charge in [0.2, 0.25) is 23.6 Å². The average Bonchev–Trinajstić information content (AvgIpc) is 0.818. The third-order valence-electron chi connectivity index (χ3n) is 22.8. The summed E-state index contributed by atoms with van der Waals surface area (Å²) >= 11 is 0. The maximum atomic E-state index is 12.9. The quantitative estimate of drug-likeness (QED) is 0.0214. The number of rotatable bonds is 68. The molecule has 26 nitrogen and oxygen atoms in total. The third kappa shape index (κ3) is 48.0. The SMILES string of the molecule is CC(=O)NC1C(OCCCCCCCCCCCCCC(=O)CCOCC(N)(COCCC(=O)CCCCCCCCCCCCCOC2OC(COC(C)=O)C(C)C(C)C2NC(C)=O)COCCC(=O)NCCCCCCCCCCCCOC2OC(COC(C)=O)C(C)C(C)C2NC(C)=O)OC(COC(C)=O)C(C)C1C. The molecule has 26 heteroatoms.